The standard InChI is InChI=1S/C21H16FN5OS/c22-13-1-2-14-16(11-13)17-12-23-4-3-15(17)19-18(14)25-20(28-19)26-6-8-27(9-7-26)21-24-5-10-29-21/h1-5,10-12H,6-9H2. The summed E-state index contributed by atoms with van der Waals surface area (Å²) in [6, 6.07) is 7.28. The predicted molar refractivity (Wildman–Crippen MR) is 113 cm³/mol. The minimum absolute atomic E-state index is 0.274. The van der Waals surface area contributed by atoms with E-state index in [0.717, 1.165) is 64.0 Å². The lowest BCUT2D eigenvalue weighted by molar-refractivity contribution is 0.543. The molecular formula is C21H16FN5OS. The number of hydrogen-bond donors (Lipinski definition) is 0. The van der Waals surface area contributed by atoms with Gasteiger partial charge in [0, 0.05) is 66.3 Å². The van der Waals surface area contributed by atoms with Gasteiger partial charge in [-0.2, -0.15) is 4.98 Å². The van der Waals surface area contributed by atoms with Crippen molar-refractivity contribution in [2.45, 2.75) is 0 Å². The molecule has 0 saturated carbocycles. The third-order valence-corrected chi connectivity index (χ3v) is 6.28. The smallest absolute Gasteiger partial charge is 0.298 e. The van der Waals surface area contributed by atoms with Gasteiger partial charge in [0.1, 0.15) is 11.3 Å². The van der Waals surface area contributed by atoms with Crippen molar-refractivity contribution < 1.29 is 8.81 Å². The zero-order valence-electron chi connectivity index (χ0n) is 15.4. The molecule has 1 aliphatic heterocycles. The number of fused-ring (bicyclic) bond motifs is 6. The molecule has 0 atom stereocenters. The molecule has 3 aromatic heterocycles. The lowest BCUT2D eigenvalue weighted by Gasteiger charge is -2.33. The number of pyridine rings is 1. The van der Waals surface area contributed by atoms with E-state index in [4.69, 9.17) is 9.40 Å². The maximum absolute atomic E-state index is 13.9. The molecule has 6 nitrogen and oxygen atoms in total. The van der Waals surface area contributed by atoms with Crippen LogP contribution in [-0.4, -0.2) is 41.1 Å². The lowest BCUT2D eigenvalue weighted by atomic mass is 10.0. The minimum Gasteiger partial charge on any atom is -0.423 e. The Morgan fingerprint density at radius 3 is 2.62 bits per heavy atom. The van der Waals surface area contributed by atoms with Crippen LogP contribution in [0.5, 0.6) is 0 Å². The van der Waals surface area contributed by atoms with Gasteiger partial charge in [0.2, 0.25) is 0 Å². The maximum Gasteiger partial charge on any atom is 0.298 e. The van der Waals surface area contributed by atoms with Crippen LogP contribution in [0.2, 0.25) is 0 Å². The number of hydrogen-bond acceptors (Lipinski definition) is 7. The Hall–Kier alpha value is -3.26. The predicted octanol–water partition coefficient (Wildman–Crippen LogP) is 4.45. The van der Waals surface area contributed by atoms with Crippen molar-refractivity contribution in [1.29, 1.82) is 0 Å². The zero-order chi connectivity index (χ0) is 19.4. The molecule has 144 valence electrons. The average Bonchev–Trinajstić information content (AvgIpc) is 3.45. The van der Waals surface area contributed by atoms with Crippen LogP contribution < -0.4 is 9.80 Å². The van der Waals surface area contributed by atoms with Crippen molar-refractivity contribution >= 4 is 55.1 Å². The van der Waals surface area contributed by atoms with Crippen molar-refractivity contribution in [3.63, 3.8) is 0 Å². The molecule has 0 amide bonds. The number of nitrogens with zero attached hydrogens (tertiary/aromatic N) is 5. The summed E-state index contributed by atoms with van der Waals surface area (Å²) in [4.78, 5) is 17.9. The molecule has 6 rings (SSSR count). The van der Waals surface area contributed by atoms with Crippen LogP contribution in [0.15, 0.2) is 52.7 Å². The molecule has 1 saturated heterocycles. The van der Waals surface area contributed by atoms with Gasteiger partial charge in [-0.3, -0.25) is 4.98 Å². The SMILES string of the molecule is Fc1ccc2c(c1)c1cnccc1c1oc(N3CCN(c4nccs4)CC3)nc21. The van der Waals surface area contributed by atoms with Gasteiger partial charge in [-0.15, -0.1) is 11.3 Å². The summed E-state index contributed by atoms with van der Waals surface area (Å²) >= 11 is 1.65. The summed E-state index contributed by atoms with van der Waals surface area (Å²) in [6.45, 7) is 3.34. The Kier molecular flexibility index (Phi) is 3.67. The number of benzene rings is 2. The molecule has 0 bridgehead atoms. The topological polar surface area (TPSA) is 58.3 Å². The van der Waals surface area contributed by atoms with Crippen LogP contribution in [-0.2, 0) is 0 Å². The largest absolute Gasteiger partial charge is 0.423 e. The monoisotopic (exact) mass is 405 g/mol. The van der Waals surface area contributed by atoms with Crippen LogP contribution in [0.4, 0.5) is 15.5 Å². The molecule has 0 unspecified atom stereocenters. The van der Waals surface area contributed by atoms with Crippen LogP contribution in [0, 0.1) is 5.82 Å². The first-order chi connectivity index (χ1) is 14.3. The fourth-order valence-corrected chi connectivity index (χ4v) is 4.72. The van der Waals surface area contributed by atoms with Gasteiger partial charge in [-0.25, -0.2) is 9.37 Å². The molecule has 29 heavy (non-hydrogen) atoms. The van der Waals surface area contributed by atoms with Gasteiger partial charge in [0.25, 0.3) is 6.01 Å². The number of anilines is 2. The van der Waals surface area contributed by atoms with E-state index in [1.165, 1.54) is 6.07 Å². The molecule has 4 heterocycles. The number of aromatic nitrogens is 3. The lowest BCUT2D eigenvalue weighted by Crippen LogP contribution is -2.46. The number of thiazole rings is 1. The van der Waals surface area contributed by atoms with E-state index in [1.807, 2.05) is 17.6 Å². The molecule has 5 aromatic rings. The number of oxazole rings is 1. The fourth-order valence-electron chi connectivity index (χ4n) is 4.02. The Bertz CT molecular complexity index is 1340. The first-order valence-electron chi connectivity index (χ1n) is 9.43. The van der Waals surface area contributed by atoms with E-state index in [0.29, 0.717) is 6.01 Å². The molecule has 8 heteroatoms. The van der Waals surface area contributed by atoms with Gasteiger partial charge < -0.3 is 14.2 Å². The zero-order valence-corrected chi connectivity index (χ0v) is 16.2. The highest BCUT2D eigenvalue weighted by Crippen LogP contribution is 2.37. The summed E-state index contributed by atoms with van der Waals surface area (Å²) in [5.74, 6) is -0.274. The third-order valence-electron chi connectivity index (χ3n) is 5.45. The van der Waals surface area contributed by atoms with Crippen LogP contribution >= 0.6 is 11.3 Å². The van der Waals surface area contributed by atoms with E-state index < -0.39 is 0 Å². The molecule has 0 radical (unpaired) electrons. The molecule has 1 fully saturated rings. The summed E-state index contributed by atoms with van der Waals surface area (Å²) in [7, 11) is 0. The molecular weight excluding hydrogens is 389 g/mol. The van der Waals surface area contributed by atoms with Crippen molar-refractivity contribution in [3.05, 3.63) is 54.1 Å². The van der Waals surface area contributed by atoms with Crippen molar-refractivity contribution in [3.8, 4) is 0 Å². The molecule has 0 spiro atoms. The number of piperazine rings is 1. The van der Waals surface area contributed by atoms with E-state index in [2.05, 4.69) is 19.8 Å². The van der Waals surface area contributed by atoms with Crippen LogP contribution in [0.3, 0.4) is 0 Å². The first kappa shape index (κ1) is 16.7. The second kappa shape index (κ2) is 6.38. The van der Waals surface area contributed by atoms with Crippen molar-refractivity contribution in [2.75, 3.05) is 36.0 Å². The summed E-state index contributed by atoms with van der Waals surface area (Å²) in [6.07, 6.45) is 5.31. The summed E-state index contributed by atoms with van der Waals surface area (Å²) in [5.41, 5.74) is 1.48. The highest BCUT2D eigenvalue weighted by atomic mass is 32.1. The Balaban J connectivity index is 1.45. The highest BCUT2D eigenvalue weighted by Gasteiger charge is 2.24. The highest BCUT2D eigenvalue weighted by molar-refractivity contribution is 7.13. The second-order valence-electron chi connectivity index (χ2n) is 7.07. The van der Waals surface area contributed by atoms with Crippen molar-refractivity contribution in [1.82, 2.24) is 15.0 Å². The van der Waals surface area contributed by atoms with Gasteiger partial charge in [0.15, 0.2) is 10.7 Å². The first-order valence-corrected chi connectivity index (χ1v) is 10.3. The maximum atomic E-state index is 13.9. The van der Waals surface area contributed by atoms with Gasteiger partial charge in [-0.05, 0) is 29.7 Å². The van der Waals surface area contributed by atoms with E-state index >= 15 is 0 Å². The Labute approximate surface area is 169 Å². The Morgan fingerprint density at radius 2 is 1.79 bits per heavy atom. The number of halogens is 1. The summed E-state index contributed by atoms with van der Waals surface area (Å²) in [5, 5.41) is 6.48. The second-order valence-corrected chi connectivity index (χ2v) is 7.95. The van der Waals surface area contributed by atoms with E-state index in [1.54, 1.807) is 35.9 Å². The van der Waals surface area contributed by atoms with Crippen molar-refractivity contribution in [2.24, 2.45) is 0 Å². The van der Waals surface area contributed by atoms with Crippen LogP contribution in [0.1, 0.15) is 0 Å². The molecule has 2 aromatic carbocycles. The van der Waals surface area contributed by atoms with E-state index in [9.17, 15) is 4.39 Å². The Morgan fingerprint density at radius 1 is 0.931 bits per heavy atom. The van der Waals surface area contributed by atoms with Gasteiger partial charge in [0.05, 0.1) is 0 Å². The third kappa shape index (κ3) is 2.63. The average molecular weight is 405 g/mol. The normalized spacial score (nSPS) is 15.1. The molecule has 1 aliphatic rings. The van der Waals surface area contributed by atoms with Gasteiger partial charge in [-0.1, -0.05) is 0 Å². The fraction of sp³-hybridized carbons (Fsp3) is 0.190. The summed E-state index contributed by atoms with van der Waals surface area (Å²) < 4.78 is 20.2. The quantitative estimate of drug-likeness (QED) is 0.405. The number of rotatable bonds is 2. The van der Waals surface area contributed by atoms with E-state index in [-0.39, 0.29) is 5.82 Å². The molecule has 0 N–H and O–H groups in total. The van der Waals surface area contributed by atoms with Crippen LogP contribution in [0.25, 0.3) is 32.6 Å². The molecule has 0 aliphatic carbocycles. The minimum atomic E-state index is -0.274. The van der Waals surface area contributed by atoms with Gasteiger partial charge >= 0.3 is 0 Å².